The smallest absolute Gasteiger partial charge is 0.491 e. The van der Waals surface area contributed by atoms with Crippen LogP contribution < -0.4 is 28.4 Å². The van der Waals surface area contributed by atoms with Crippen LogP contribution in [0.3, 0.4) is 0 Å². The SMILES string of the molecule is F[B-](F)(F)F.c1ccc(OCCOCCOCCOc2ccccc2[S+](c2ccccc2OCCOCCOCCOc2ccccc2)c2ccccc2OCCOCCOCCOc2ccccc2)cc1. The highest BCUT2D eigenvalue weighted by Crippen LogP contribution is 2.43. The summed E-state index contributed by atoms with van der Waals surface area (Å²) in [4.78, 5) is 2.93. The van der Waals surface area contributed by atoms with Crippen molar-refractivity contribution in [2.75, 3.05) is 119 Å². The Morgan fingerprint density at radius 2 is 0.444 bits per heavy atom. The number of para-hydroxylation sites is 6. The summed E-state index contributed by atoms with van der Waals surface area (Å²) in [6.07, 6.45) is 0. The van der Waals surface area contributed by atoms with Gasteiger partial charge in [0.1, 0.15) is 67.8 Å². The molecule has 0 aliphatic heterocycles. The second kappa shape index (κ2) is 35.2. The van der Waals surface area contributed by atoms with Crippen molar-refractivity contribution in [1.29, 1.82) is 0 Å². The standard InChI is InChI=1S/C54H63O12S.BF4/c1-4-16-46(17-5-1)61-40-34-55-28-31-58-37-43-64-49-22-10-13-25-52(49)67(53-26-14-11-23-50(53)65-44-38-59-32-29-56-35-41-62-47-18-6-2-7-19-47)54-27-15-12-24-51(54)66-45-39-60-33-30-57-36-42-63-48-20-8-3-9-21-48;2-1(3,4)5/h1-27H,28-45H2;/q+1;-1. The third-order valence-electron chi connectivity index (χ3n) is 9.50. The molecule has 18 heteroatoms. The highest BCUT2D eigenvalue weighted by molar-refractivity contribution is 7.97. The molecule has 0 unspecified atom stereocenters. The lowest BCUT2D eigenvalue weighted by Gasteiger charge is -2.17. The molecule has 388 valence electrons. The molecular formula is C54H63BF4O12S. The van der Waals surface area contributed by atoms with Crippen LogP contribution in [-0.2, 0) is 39.3 Å². The minimum atomic E-state index is -6.00. The largest absolute Gasteiger partial charge is 0.673 e. The first-order valence-electron chi connectivity index (χ1n) is 23.6. The first-order chi connectivity index (χ1) is 35.3. The van der Waals surface area contributed by atoms with Crippen LogP contribution in [-0.4, -0.2) is 126 Å². The van der Waals surface area contributed by atoms with Gasteiger partial charge in [0.2, 0.25) is 14.7 Å². The van der Waals surface area contributed by atoms with E-state index in [9.17, 15) is 17.3 Å². The van der Waals surface area contributed by atoms with Crippen LogP contribution >= 0.6 is 0 Å². The van der Waals surface area contributed by atoms with E-state index in [-0.39, 0.29) is 0 Å². The van der Waals surface area contributed by atoms with Crippen LogP contribution in [0.5, 0.6) is 34.5 Å². The molecule has 72 heavy (non-hydrogen) atoms. The number of benzene rings is 6. The van der Waals surface area contributed by atoms with E-state index in [4.69, 9.17) is 56.8 Å². The molecule has 0 bridgehead atoms. The number of hydrogen-bond donors (Lipinski definition) is 0. The van der Waals surface area contributed by atoms with E-state index in [0.29, 0.717) is 119 Å². The Bertz CT molecular complexity index is 2040. The third kappa shape index (κ3) is 24.4. The summed E-state index contributed by atoms with van der Waals surface area (Å²) in [5, 5.41) is 0. The maximum Gasteiger partial charge on any atom is 0.673 e. The molecule has 0 aliphatic carbocycles. The van der Waals surface area contributed by atoms with Gasteiger partial charge in [-0.3, -0.25) is 0 Å². The molecule has 0 fully saturated rings. The quantitative estimate of drug-likeness (QED) is 0.0162. The van der Waals surface area contributed by atoms with Crippen molar-refractivity contribution in [3.63, 3.8) is 0 Å². The zero-order valence-corrected chi connectivity index (χ0v) is 41.0. The Labute approximate surface area is 422 Å². The van der Waals surface area contributed by atoms with Gasteiger partial charge in [0.05, 0.1) is 79.3 Å². The van der Waals surface area contributed by atoms with Crippen molar-refractivity contribution < 1.29 is 74.1 Å². The van der Waals surface area contributed by atoms with Gasteiger partial charge in [-0.25, -0.2) is 0 Å². The Hall–Kier alpha value is -5.99. The lowest BCUT2D eigenvalue weighted by atomic mass is 10.3. The summed E-state index contributed by atoms with van der Waals surface area (Å²) >= 11 is 0. The van der Waals surface area contributed by atoms with E-state index in [1.54, 1.807) is 0 Å². The summed E-state index contributed by atoms with van der Waals surface area (Å²) in [6.45, 7) is 7.77. The Kier molecular flexibility index (Phi) is 27.8. The molecular weight excluding hydrogens is 959 g/mol. The molecule has 6 rings (SSSR count). The van der Waals surface area contributed by atoms with E-state index in [1.165, 1.54) is 0 Å². The molecule has 0 saturated carbocycles. The van der Waals surface area contributed by atoms with Gasteiger partial charge in [-0.05, 0) is 72.8 Å². The second-order valence-electron chi connectivity index (χ2n) is 14.8. The summed E-state index contributed by atoms with van der Waals surface area (Å²) in [5.74, 6) is 4.69. The molecule has 0 saturated heterocycles. The highest BCUT2D eigenvalue weighted by Gasteiger charge is 2.37. The highest BCUT2D eigenvalue weighted by atomic mass is 32.2. The lowest BCUT2D eigenvalue weighted by molar-refractivity contribution is 0.0270. The average Bonchev–Trinajstić information content (AvgIpc) is 3.39. The van der Waals surface area contributed by atoms with Crippen molar-refractivity contribution in [3.8, 4) is 34.5 Å². The average molecular weight is 1020 g/mol. The predicted octanol–water partition coefficient (Wildman–Crippen LogP) is 10.6. The summed E-state index contributed by atoms with van der Waals surface area (Å²) < 4.78 is 110. The number of hydrogen-bond acceptors (Lipinski definition) is 12. The summed E-state index contributed by atoms with van der Waals surface area (Å²) in [6, 6.07) is 53.4. The molecule has 0 N–H and O–H groups in total. The zero-order chi connectivity index (χ0) is 50.6. The van der Waals surface area contributed by atoms with Crippen molar-refractivity contribution in [3.05, 3.63) is 164 Å². The van der Waals surface area contributed by atoms with Crippen LogP contribution in [0, 0.1) is 0 Å². The second-order valence-corrected chi connectivity index (χ2v) is 16.8. The van der Waals surface area contributed by atoms with Gasteiger partial charge < -0.3 is 74.1 Å². The monoisotopic (exact) mass is 1020 g/mol. The molecule has 12 nitrogen and oxygen atoms in total. The molecule has 0 spiro atoms. The normalized spacial score (nSPS) is 11.1. The van der Waals surface area contributed by atoms with Gasteiger partial charge in [-0.1, -0.05) is 91.0 Å². The van der Waals surface area contributed by atoms with Crippen molar-refractivity contribution in [2.45, 2.75) is 14.7 Å². The molecule has 0 heterocycles. The van der Waals surface area contributed by atoms with Crippen LogP contribution in [0.4, 0.5) is 17.3 Å². The Morgan fingerprint density at radius 1 is 0.250 bits per heavy atom. The van der Waals surface area contributed by atoms with Crippen LogP contribution in [0.2, 0.25) is 0 Å². The summed E-state index contributed by atoms with van der Waals surface area (Å²) in [7, 11) is -6.73. The minimum absolute atomic E-state index is 0.351. The van der Waals surface area contributed by atoms with Crippen molar-refractivity contribution in [2.24, 2.45) is 0 Å². The molecule has 0 amide bonds. The van der Waals surface area contributed by atoms with Crippen molar-refractivity contribution in [1.82, 2.24) is 0 Å². The van der Waals surface area contributed by atoms with Crippen LogP contribution in [0.25, 0.3) is 0 Å². The molecule has 6 aromatic rings. The molecule has 0 aliphatic rings. The molecule has 0 atom stereocenters. The first kappa shape index (κ1) is 56.9. The maximum atomic E-state index is 9.75. The summed E-state index contributed by atoms with van der Waals surface area (Å²) in [5.41, 5.74) is 0. The fourth-order valence-electron chi connectivity index (χ4n) is 6.37. The lowest BCUT2D eigenvalue weighted by Crippen LogP contribution is -2.16. The topological polar surface area (TPSA) is 111 Å². The van der Waals surface area contributed by atoms with Gasteiger partial charge >= 0.3 is 7.25 Å². The van der Waals surface area contributed by atoms with Crippen LogP contribution in [0.1, 0.15) is 0 Å². The number of ether oxygens (including phenoxy) is 12. The predicted molar refractivity (Wildman–Crippen MR) is 269 cm³/mol. The van der Waals surface area contributed by atoms with Gasteiger partial charge in [-0.2, -0.15) is 0 Å². The molecule has 6 aromatic carbocycles. The van der Waals surface area contributed by atoms with Crippen molar-refractivity contribution >= 4 is 18.1 Å². The zero-order valence-electron chi connectivity index (χ0n) is 40.2. The maximum absolute atomic E-state index is 9.75. The number of halogens is 4. The number of rotatable bonds is 36. The third-order valence-corrected chi connectivity index (χ3v) is 11.8. The Morgan fingerprint density at radius 3 is 0.694 bits per heavy atom. The van der Waals surface area contributed by atoms with Gasteiger partial charge in [0.25, 0.3) is 0 Å². The van der Waals surface area contributed by atoms with E-state index in [0.717, 1.165) is 49.2 Å². The van der Waals surface area contributed by atoms with Crippen LogP contribution in [0.15, 0.2) is 178 Å². The molecule has 0 aromatic heterocycles. The van der Waals surface area contributed by atoms with E-state index >= 15 is 0 Å². The molecule has 0 radical (unpaired) electrons. The van der Waals surface area contributed by atoms with E-state index in [1.807, 2.05) is 146 Å². The van der Waals surface area contributed by atoms with Gasteiger partial charge in [-0.15, -0.1) is 0 Å². The fourth-order valence-corrected chi connectivity index (χ4v) is 8.71. The van der Waals surface area contributed by atoms with E-state index < -0.39 is 18.1 Å². The first-order valence-corrected chi connectivity index (χ1v) is 24.8. The minimum Gasteiger partial charge on any atom is -0.491 e. The van der Waals surface area contributed by atoms with Gasteiger partial charge in [0.15, 0.2) is 17.2 Å². The Balaban J connectivity index is 0.00000183. The van der Waals surface area contributed by atoms with E-state index in [2.05, 4.69) is 18.2 Å². The fraction of sp³-hybridized carbons (Fsp3) is 0.333. The van der Waals surface area contributed by atoms with Gasteiger partial charge in [0, 0.05) is 0 Å².